The summed E-state index contributed by atoms with van der Waals surface area (Å²) in [5.74, 6) is -0.303. The van der Waals surface area contributed by atoms with Crippen LogP contribution in [0.3, 0.4) is 0 Å². The van der Waals surface area contributed by atoms with Gasteiger partial charge >= 0.3 is 12.1 Å². The smallest absolute Gasteiger partial charge is 0.413 e. The zero-order valence-electron chi connectivity index (χ0n) is 17.7. The average Bonchev–Trinajstić information content (AvgIpc) is 3.34. The van der Waals surface area contributed by atoms with Gasteiger partial charge in [0.05, 0.1) is 12.1 Å². The molecule has 0 unspecified atom stereocenters. The quantitative estimate of drug-likeness (QED) is 0.704. The molecular formula is C24H24N2O5S. The van der Waals surface area contributed by atoms with Gasteiger partial charge in [-0.2, -0.15) is 0 Å². The molecule has 0 aromatic heterocycles. The van der Waals surface area contributed by atoms with Crippen LogP contribution in [0, 0.1) is 0 Å². The van der Waals surface area contributed by atoms with E-state index in [0.29, 0.717) is 5.17 Å². The van der Waals surface area contributed by atoms with Crippen LogP contribution >= 0.6 is 11.8 Å². The number of fused-ring (bicyclic) bond motifs is 4. The van der Waals surface area contributed by atoms with E-state index < -0.39 is 6.09 Å². The third-order valence-electron chi connectivity index (χ3n) is 5.96. The Balaban J connectivity index is 1.16. The second kappa shape index (κ2) is 8.96. The van der Waals surface area contributed by atoms with Crippen LogP contribution in [-0.4, -0.2) is 48.0 Å². The van der Waals surface area contributed by atoms with Crippen molar-refractivity contribution in [3.05, 3.63) is 59.7 Å². The summed E-state index contributed by atoms with van der Waals surface area (Å²) in [4.78, 5) is 28.1. The maximum atomic E-state index is 12.5. The molecule has 2 aromatic carbocycles. The second-order valence-corrected chi connectivity index (χ2v) is 9.16. The highest BCUT2D eigenvalue weighted by Gasteiger charge is 2.38. The van der Waals surface area contributed by atoms with Crippen LogP contribution < -0.4 is 5.32 Å². The molecule has 5 rings (SSSR count). The summed E-state index contributed by atoms with van der Waals surface area (Å²) in [5.41, 5.74) is 4.54. The highest BCUT2D eigenvalue weighted by atomic mass is 32.2. The number of hydrogen-bond donors (Lipinski definition) is 1. The highest BCUT2D eigenvalue weighted by molar-refractivity contribution is 8.14. The molecule has 2 aromatic rings. The van der Waals surface area contributed by atoms with Crippen LogP contribution in [0.4, 0.5) is 4.79 Å². The third kappa shape index (κ3) is 4.25. The van der Waals surface area contributed by atoms with Gasteiger partial charge < -0.3 is 14.2 Å². The summed E-state index contributed by atoms with van der Waals surface area (Å²) in [6.45, 7) is 1.88. The number of amides is 1. The summed E-state index contributed by atoms with van der Waals surface area (Å²) >= 11 is 1.37. The second-order valence-electron chi connectivity index (χ2n) is 8.08. The van der Waals surface area contributed by atoms with Gasteiger partial charge in [-0.1, -0.05) is 60.3 Å². The van der Waals surface area contributed by atoms with Crippen LogP contribution in [0.1, 0.15) is 36.8 Å². The Morgan fingerprint density at radius 1 is 1.03 bits per heavy atom. The lowest BCUT2D eigenvalue weighted by atomic mass is 9.98. The van der Waals surface area contributed by atoms with Crippen LogP contribution in [0.2, 0.25) is 0 Å². The van der Waals surface area contributed by atoms with Gasteiger partial charge in [0, 0.05) is 12.8 Å². The maximum absolute atomic E-state index is 12.5. The van der Waals surface area contributed by atoms with Crippen molar-refractivity contribution in [3.8, 4) is 11.1 Å². The number of esters is 1. The van der Waals surface area contributed by atoms with Crippen molar-refractivity contribution >= 4 is 29.0 Å². The minimum atomic E-state index is -0.520. The van der Waals surface area contributed by atoms with Crippen LogP contribution in [0.15, 0.2) is 53.5 Å². The number of ether oxygens (including phenoxy) is 3. The van der Waals surface area contributed by atoms with Crippen molar-refractivity contribution in [2.75, 3.05) is 13.2 Å². The molecule has 0 saturated carbocycles. The molecule has 1 aliphatic carbocycles. The van der Waals surface area contributed by atoms with Crippen molar-refractivity contribution in [2.45, 2.75) is 43.3 Å². The molecule has 0 radical (unpaired) electrons. The van der Waals surface area contributed by atoms with Crippen LogP contribution in [0.5, 0.6) is 0 Å². The Labute approximate surface area is 190 Å². The highest BCUT2D eigenvalue weighted by Crippen LogP contribution is 2.44. The van der Waals surface area contributed by atoms with Gasteiger partial charge in [-0.25, -0.2) is 4.79 Å². The van der Waals surface area contributed by atoms with E-state index in [0.717, 1.165) is 12.8 Å². The summed E-state index contributed by atoms with van der Waals surface area (Å²) < 4.78 is 16.6. The Kier molecular flexibility index (Phi) is 5.89. The first-order valence-electron chi connectivity index (χ1n) is 10.7. The topological polar surface area (TPSA) is 86.2 Å². The number of carbonyl (C=O) groups is 2. The number of carbonyl (C=O) groups excluding carboxylic acids is 2. The van der Waals surface area contributed by atoms with Crippen molar-refractivity contribution in [1.82, 2.24) is 5.32 Å². The molecule has 1 fully saturated rings. The Hall–Kier alpha value is -2.84. The fourth-order valence-corrected chi connectivity index (χ4v) is 5.61. The molecule has 0 bridgehead atoms. The zero-order valence-corrected chi connectivity index (χ0v) is 18.5. The summed E-state index contributed by atoms with van der Waals surface area (Å²) in [6.07, 6.45) is 0.917. The van der Waals surface area contributed by atoms with E-state index in [2.05, 4.69) is 34.6 Å². The molecular weight excluding hydrogens is 428 g/mol. The summed E-state index contributed by atoms with van der Waals surface area (Å²) in [5, 5.41) is 3.26. The molecule has 166 valence electrons. The van der Waals surface area contributed by atoms with Crippen LogP contribution in [0.25, 0.3) is 11.1 Å². The number of rotatable bonds is 4. The van der Waals surface area contributed by atoms with Gasteiger partial charge in [0.1, 0.15) is 18.6 Å². The van der Waals surface area contributed by atoms with Crippen molar-refractivity contribution in [1.29, 1.82) is 0 Å². The van der Waals surface area contributed by atoms with Gasteiger partial charge in [0.25, 0.3) is 0 Å². The number of nitrogens with one attached hydrogen (secondary N) is 1. The molecule has 32 heavy (non-hydrogen) atoms. The Morgan fingerprint density at radius 3 is 2.41 bits per heavy atom. The molecule has 1 N–H and O–H groups in total. The van der Waals surface area contributed by atoms with Crippen molar-refractivity contribution < 1.29 is 23.8 Å². The molecule has 2 heterocycles. The van der Waals surface area contributed by atoms with E-state index in [-0.39, 0.29) is 42.7 Å². The number of benzene rings is 2. The van der Waals surface area contributed by atoms with E-state index in [1.807, 2.05) is 24.3 Å². The number of nitrogens with zero attached hydrogens (tertiary/aromatic N) is 1. The third-order valence-corrected chi connectivity index (χ3v) is 7.05. The van der Waals surface area contributed by atoms with E-state index >= 15 is 0 Å². The van der Waals surface area contributed by atoms with Crippen molar-refractivity contribution in [2.24, 2.45) is 4.99 Å². The molecule has 1 saturated heterocycles. The molecule has 1 amide bonds. The van der Waals surface area contributed by atoms with Gasteiger partial charge in [-0.05, 0) is 35.1 Å². The fourth-order valence-electron chi connectivity index (χ4n) is 4.48. The van der Waals surface area contributed by atoms with Crippen LogP contribution in [-0.2, 0) is 19.0 Å². The average molecular weight is 453 g/mol. The molecule has 8 heteroatoms. The lowest BCUT2D eigenvalue weighted by molar-refractivity contribution is -0.147. The predicted molar refractivity (Wildman–Crippen MR) is 122 cm³/mol. The molecule has 7 nitrogen and oxygen atoms in total. The van der Waals surface area contributed by atoms with E-state index in [9.17, 15) is 9.59 Å². The number of thioether (sulfide) groups is 1. The van der Waals surface area contributed by atoms with Gasteiger partial charge in [-0.15, -0.1) is 0 Å². The lowest BCUT2D eigenvalue weighted by Crippen LogP contribution is -2.36. The molecule has 2 aliphatic heterocycles. The van der Waals surface area contributed by atoms with Gasteiger partial charge in [0.2, 0.25) is 0 Å². The number of alkyl carbamates (subject to hydrolysis) is 1. The lowest BCUT2D eigenvalue weighted by Gasteiger charge is -2.29. The number of aliphatic imine (C=N–C) groups is 1. The molecule has 3 atom stereocenters. The largest absolute Gasteiger partial charge is 0.463 e. The number of hydrogen-bond acceptors (Lipinski definition) is 7. The predicted octanol–water partition coefficient (Wildman–Crippen LogP) is 4.06. The van der Waals surface area contributed by atoms with Gasteiger partial charge in [0.15, 0.2) is 5.17 Å². The maximum Gasteiger partial charge on any atom is 0.413 e. The zero-order chi connectivity index (χ0) is 22.1. The van der Waals surface area contributed by atoms with E-state index in [1.165, 1.54) is 40.9 Å². The SMILES string of the molecule is CC(=O)OC[C@H]1CC[C@H]2N=C(NC(=O)OCC3c4ccccc4-c4ccccc43)S[C@H]2O1. The Bertz CT molecular complexity index is 1030. The van der Waals surface area contributed by atoms with Crippen molar-refractivity contribution in [3.63, 3.8) is 0 Å². The minimum Gasteiger partial charge on any atom is -0.463 e. The minimum absolute atomic E-state index is 0.0132. The first-order valence-corrected chi connectivity index (χ1v) is 11.6. The van der Waals surface area contributed by atoms with Gasteiger partial charge in [-0.3, -0.25) is 15.1 Å². The van der Waals surface area contributed by atoms with E-state index in [1.54, 1.807) is 0 Å². The fraction of sp³-hybridized carbons (Fsp3) is 0.375. The monoisotopic (exact) mass is 452 g/mol. The molecule has 3 aliphatic rings. The Morgan fingerprint density at radius 2 is 1.72 bits per heavy atom. The summed E-state index contributed by atoms with van der Waals surface area (Å²) in [7, 11) is 0. The number of amidine groups is 1. The molecule has 0 spiro atoms. The normalized spacial score (nSPS) is 23.5. The standard InChI is InChI=1S/C24H24N2O5S/c1-14(27)29-12-15-10-11-21-22(31-15)32-23(25-21)26-24(28)30-13-20-18-8-4-2-6-16(18)17-7-3-5-9-19(17)20/h2-9,15,20-22H,10-13H2,1H3,(H,25,26,28)/t15-,21-,22-/m1/s1. The first-order chi connectivity index (χ1) is 15.6. The van der Waals surface area contributed by atoms with E-state index in [4.69, 9.17) is 14.2 Å². The summed E-state index contributed by atoms with van der Waals surface area (Å²) in [6, 6.07) is 16.5. The first kappa shape index (κ1) is 21.0.